The molecule has 0 spiro atoms. The van der Waals surface area contributed by atoms with Crippen molar-refractivity contribution in [3.05, 3.63) is 0 Å². The highest BCUT2D eigenvalue weighted by molar-refractivity contribution is 7.98. The Labute approximate surface area is 75.9 Å². The van der Waals surface area contributed by atoms with Crippen molar-refractivity contribution in [3.8, 4) is 0 Å². The summed E-state index contributed by atoms with van der Waals surface area (Å²) in [4.78, 5) is 0. The van der Waals surface area contributed by atoms with Crippen LogP contribution in [0.3, 0.4) is 0 Å². The Balaban J connectivity index is 2.39. The monoisotopic (exact) mass is 189 g/mol. The fourth-order valence-electron chi connectivity index (χ4n) is 1.61. The third kappa shape index (κ3) is 3.15. The highest BCUT2D eigenvalue weighted by Gasteiger charge is 2.15. The molecule has 1 rings (SSSR count). The van der Waals surface area contributed by atoms with Crippen LogP contribution < -0.4 is 4.72 Å². The molecule has 3 heteroatoms. The third-order valence-electron chi connectivity index (χ3n) is 2.45. The Bertz CT molecular complexity index is 215. The maximum Gasteiger partial charge on any atom is 0.0261 e. The van der Waals surface area contributed by atoms with E-state index < -0.39 is 9.71 Å². The summed E-state index contributed by atoms with van der Waals surface area (Å²) in [5.41, 5.74) is 0. The van der Waals surface area contributed by atoms with E-state index in [-0.39, 0.29) is 0 Å². The van der Waals surface area contributed by atoms with Gasteiger partial charge in [0.1, 0.15) is 0 Å². The van der Waals surface area contributed by atoms with Crippen LogP contribution >= 0.6 is 0 Å². The van der Waals surface area contributed by atoms with Gasteiger partial charge in [0.05, 0.1) is 0 Å². The molecule has 1 N–H and O–H groups in total. The molecule has 1 aliphatic carbocycles. The van der Waals surface area contributed by atoms with Gasteiger partial charge in [-0.2, -0.15) is 0 Å². The van der Waals surface area contributed by atoms with Crippen molar-refractivity contribution < 1.29 is 4.21 Å². The quantitative estimate of drug-likeness (QED) is 0.671. The number of hydrogen-bond acceptors (Lipinski definition) is 1. The van der Waals surface area contributed by atoms with Gasteiger partial charge in [-0.05, 0) is 18.7 Å². The summed E-state index contributed by atoms with van der Waals surface area (Å²) < 4.78 is 14.8. The van der Waals surface area contributed by atoms with Crippen LogP contribution in [0.4, 0.5) is 0 Å². The molecule has 0 aromatic heterocycles. The first-order valence-corrected chi connectivity index (χ1v) is 6.66. The molecular formula is C9H19NOS. The van der Waals surface area contributed by atoms with Crippen LogP contribution in [0, 0.1) is 0 Å². The molecule has 72 valence electrons. The van der Waals surface area contributed by atoms with Gasteiger partial charge in [-0.1, -0.05) is 26.2 Å². The Kier molecular flexibility index (Phi) is 3.59. The molecule has 0 saturated heterocycles. The van der Waals surface area contributed by atoms with E-state index in [0.717, 1.165) is 0 Å². The van der Waals surface area contributed by atoms with E-state index >= 15 is 0 Å². The number of nitrogens with one attached hydrogen (secondary N) is 1. The first kappa shape index (κ1) is 10.1. The second-order valence-corrected chi connectivity index (χ2v) is 5.99. The smallest absolute Gasteiger partial charge is 0.0261 e. The lowest BCUT2D eigenvalue weighted by atomic mass is 9.96. The lowest BCUT2D eigenvalue weighted by Crippen LogP contribution is -2.36. The topological polar surface area (TPSA) is 29.1 Å². The molecule has 0 amide bonds. The zero-order valence-electron chi connectivity index (χ0n) is 7.84. The lowest BCUT2D eigenvalue weighted by Gasteiger charge is -2.24. The van der Waals surface area contributed by atoms with Crippen LogP contribution in [0.1, 0.15) is 39.0 Å². The lowest BCUT2D eigenvalue weighted by molar-refractivity contribution is 0.419. The molecule has 1 saturated carbocycles. The summed E-state index contributed by atoms with van der Waals surface area (Å²) in [6.07, 6.45) is 6.23. The van der Waals surface area contributed by atoms with E-state index in [1.807, 2.05) is 6.92 Å². The molecule has 0 aliphatic heterocycles. The molecule has 0 bridgehead atoms. The first-order chi connectivity index (χ1) is 5.64. The zero-order chi connectivity index (χ0) is 9.03. The van der Waals surface area contributed by atoms with Crippen LogP contribution in [-0.4, -0.2) is 21.9 Å². The minimum absolute atomic E-state index is 0.462. The number of hydrogen-bond donors (Lipinski definition) is 1. The average Bonchev–Trinajstić information content (AvgIpc) is 2.06. The fraction of sp³-hybridized carbons (Fsp3) is 0.889. The standard InChI is InChI=1S/C9H19NOS/c1-3-12(2,11)10-9-7-5-4-6-8-9/h9H,2-8H2,1H3,(H,10,11). The van der Waals surface area contributed by atoms with Crippen molar-refractivity contribution in [2.45, 2.75) is 45.1 Å². The highest BCUT2D eigenvalue weighted by atomic mass is 32.2. The van der Waals surface area contributed by atoms with E-state index in [1.165, 1.54) is 32.1 Å². The van der Waals surface area contributed by atoms with Gasteiger partial charge in [0, 0.05) is 21.5 Å². The molecule has 1 aliphatic rings. The summed E-state index contributed by atoms with van der Waals surface area (Å²) in [6, 6.07) is 0.462. The van der Waals surface area contributed by atoms with Crippen LogP contribution in [0.5, 0.6) is 0 Å². The molecule has 0 aromatic carbocycles. The second-order valence-electron chi connectivity index (χ2n) is 3.55. The Hall–Kier alpha value is -0.0200. The maximum atomic E-state index is 11.6. The molecule has 1 atom stereocenters. The van der Waals surface area contributed by atoms with E-state index in [4.69, 9.17) is 0 Å². The minimum atomic E-state index is -1.97. The molecule has 0 heterocycles. The van der Waals surface area contributed by atoms with Crippen LogP contribution in [0.2, 0.25) is 0 Å². The highest BCUT2D eigenvalue weighted by Crippen LogP contribution is 2.17. The van der Waals surface area contributed by atoms with Gasteiger partial charge in [-0.25, -0.2) is 4.72 Å². The van der Waals surface area contributed by atoms with Gasteiger partial charge in [0.15, 0.2) is 0 Å². The fourth-order valence-corrected chi connectivity index (χ4v) is 2.62. The third-order valence-corrected chi connectivity index (χ3v) is 4.15. The van der Waals surface area contributed by atoms with Crippen molar-refractivity contribution in [1.29, 1.82) is 0 Å². The van der Waals surface area contributed by atoms with Crippen molar-refractivity contribution in [3.63, 3.8) is 0 Å². The van der Waals surface area contributed by atoms with E-state index in [2.05, 4.69) is 10.6 Å². The summed E-state index contributed by atoms with van der Waals surface area (Å²) in [5.74, 6) is 4.34. The van der Waals surface area contributed by atoms with E-state index in [1.54, 1.807) is 0 Å². The predicted molar refractivity (Wildman–Crippen MR) is 55.8 cm³/mol. The second kappa shape index (κ2) is 4.28. The van der Waals surface area contributed by atoms with Crippen LogP contribution in [-0.2, 0) is 9.71 Å². The minimum Gasteiger partial charge on any atom is -0.253 e. The van der Waals surface area contributed by atoms with Crippen molar-refractivity contribution >= 4 is 15.6 Å². The Morgan fingerprint density at radius 2 is 2.00 bits per heavy atom. The van der Waals surface area contributed by atoms with Gasteiger partial charge < -0.3 is 0 Å². The van der Waals surface area contributed by atoms with Gasteiger partial charge >= 0.3 is 0 Å². The molecule has 1 unspecified atom stereocenters. The summed E-state index contributed by atoms with van der Waals surface area (Å²) in [7, 11) is -1.97. The van der Waals surface area contributed by atoms with Gasteiger partial charge in [0.2, 0.25) is 0 Å². The van der Waals surface area contributed by atoms with E-state index in [9.17, 15) is 4.21 Å². The molecular weight excluding hydrogens is 170 g/mol. The Morgan fingerprint density at radius 1 is 1.42 bits per heavy atom. The molecule has 12 heavy (non-hydrogen) atoms. The summed E-state index contributed by atoms with van der Waals surface area (Å²) >= 11 is 0. The zero-order valence-corrected chi connectivity index (χ0v) is 8.66. The van der Waals surface area contributed by atoms with Crippen molar-refractivity contribution in [2.75, 3.05) is 5.75 Å². The summed E-state index contributed by atoms with van der Waals surface area (Å²) in [5, 5.41) is 0. The van der Waals surface area contributed by atoms with Crippen LogP contribution in [0.25, 0.3) is 0 Å². The molecule has 0 aromatic rings. The van der Waals surface area contributed by atoms with Gasteiger partial charge in [0.25, 0.3) is 0 Å². The largest absolute Gasteiger partial charge is 0.253 e. The number of rotatable bonds is 3. The molecule has 2 nitrogen and oxygen atoms in total. The predicted octanol–water partition coefficient (Wildman–Crippen LogP) is 1.56. The maximum absolute atomic E-state index is 11.6. The van der Waals surface area contributed by atoms with Crippen molar-refractivity contribution in [1.82, 2.24) is 4.72 Å². The molecule has 1 fully saturated rings. The molecule has 0 radical (unpaired) electrons. The average molecular weight is 189 g/mol. The van der Waals surface area contributed by atoms with Gasteiger partial charge in [-0.15, -0.1) is 0 Å². The van der Waals surface area contributed by atoms with Crippen molar-refractivity contribution in [2.24, 2.45) is 0 Å². The van der Waals surface area contributed by atoms with Crippen LogP contribution in [0.15, 0.2) is 0 Å². The summed E-state index contributed by atoms with van der Waals surface area (Å²) in [6.45, 7) is 1.92. The van der Waals surface area contributed by atoms with Gasteiger partial charge in [-0.3, -0.25) is 4.21 Å². The normalized spacial score (nSPS) is 25.1. The van der Waals surface area contributed by atoms with E-state index in [0.29, 0.717) is 11.8 Å². The first-order valence-electron chi connectivity index (χ1n) is 4.76. The SMILES string of the molecule is C=S(=O)(CC)NC1CCCCC1. The Morgan fingerprint density at radius 3 is 2.50 bits per heavy atom.